The Morgan fingerprint density at radius 2 is 2.14 bits per heavy atom. The fourth-order valence-electron chi connectivity index (χ4n) is 1.29. The van der Waals surface area contributed by atoms with Crippen LogP contribution in [0.15, 0.2) is 24.4 Å². The molecule has 72 valence electrons. The van der Waals surface area contributed by atoms with E-state index in [1.54, 1.807) is 0 Å². The van der Waals surface area contributed by atoms with Gasteiger partial charge >= 0.3 is 5.97 Å². The Morgan fingerprint density at radius 3 is 2.79 bits per heavy atom. The first-order chi connectivity index (χ1) is 6.77. The van der Waals surface area contributed by atoms with Gasteiger partial charge in [-0.25, -0.2) is 4.79 Å². The van der Waals surface area contributed by atoms with Crippen molar-refractivity contribution in [1.82, 2.24) is 10.2 Å². The quantitative estimate of drug-likeness (QED) is 0.691. The Balaban J connectivity index is 2.26. The lowest BCUT2D eigenvalue weighted by molar-refractivity contribution is 0.0696. The molecule has 2 heterocycles. The molecule has 0 amide bonds. The van der Waals surface area contributed by atoms with Crippen LogP contribution in [0.2, 0.25) is 0 Å². The summed E-state index contributed by atoms with van der Waals surface area (Å²) in [6, 6.07) is 1.53. The second-order valence-corrected chi connectivity index (χ2v) is 2.98. The zero-order valence-electron chi connectivity index (χ0n) is 7.42. The molecule has 0 unspecified atom stereocenters. The third kappa shape index (κ3) is 1.56. The highest BCUT2D eigenvalue weighted by molar-refractivity contribution is 5.88. The zero-order chi connectivity index (χ0) is 9.97. The van der Waals surface area contributed by atoms with E-state index in [1.165, 1.54) is 12.3 Å². The van der Waals surface area contributed by atoms with Gasteiger partial charge in [0, 0.05) is 13.1 Å². The van der Waals surface area contributed by atoms with E-state index in [4.69, 9.17) is 5.11 Å². The number of rotatable bonds is 2. The second-order valence-electron chi connectivity index (χ2n) is 2.98. The highest BCUT2D eigenvalue weighted by Crippen LogP contribution is 2.13. The fourth-order valence-corrected chi connectivity index (χ4v) is 1.29. The number of carboxylic acid groups (broad SMARTS) is 1. The summed E-state index contributed by atoms with van der Waals surface area (Å²) in [6.07, 6.45) is 5.26. The number of aromatic nitrogens is 2. The maximum atomic E-state index is 10.7. The van der Waals surface area contributed by atoms with Crippen LogP contribution in [0.5, 0.6) is 0 Å². The molecule has 0 saturated heterocycles. The van der Waals surface area contributed by atoms with Gasteiger partial charge < -0.3 is 10.0 Å². The molecule has 0 atom stereocenters. The van der Waals surface area contributed by atoms with Crippen LogP contribution in [0, 0.1) is 0 Å². The lowest BCUT2D eigenvalue weighted by Gasteiger charge is -2.15. The Hall–Kier alpha value is -1.91. The van der Waals surface area contributed by atoms with Crippen molar-refractivity contribution in [3.8, 4) is 0 Å². The number of hydrogen-bond acceptors (Lipinski definition) is 4. The van der Waals surface area contributed by atoms with Gasteiger partial charge in [-0.15, -0.1) is 5.10 Å². The number of anilines is 1. The van der Waals surface area contributed by atoms with Crippen molar-refractivity contribution < 1.29 is 9.90 Å². The molecule has 14 heavy (non-hydrogen) atoms. The van der Waals surface area contributed by atoms with Gasteiger partial charge in [0.1, 0.15) is 0 Å². The minimum absolute atomic E-state index is 0.168. The van der Waals surface area contributed by atoms with Crippen LogP contribution in [0.25, 0.3) is 0 Å². The molecule has 1 aromatic rings. The van der Waals surface area contributed by atoms with E-state index < -0.39 is 5.97 Å². The average Bonchev–Trinajstić information content (AvgIpc) is 2.71. The minimum atomic E-state index is -0.978. The van der Waals surface area contributed by atoms with E-state index in [2.05, 4.69) is 10.2 Å². The number of hydrogen-bond donors (Lipinski definition) is 1. The van der Waals surface area contributed by atoms with Crippen LogP contribution < -0.4 is 4.90 Å². The topological polar surface area (TPSA) is 66.3 Å². The van der Waals surface area contributed by atoms with Gasteiger partial charge in [-0.1, -0.05) is 12.2 Å². The lowest BCUT2D eigenvalue weighted by Crippen LogP contribution is -2.20. The highest BCUT2D eigenvalue weighted by Gasteiger charge is 2.12. The Bertz CT molecular complexity index is 381. The van der Waals surface area contributed by atoms with E-state index in [0.29, 0.717) is 5.82 Å². The Labute approximate surface area is 80.7 Å². The van der Waals surface area contributed by atoms with Crippen molar-refractivity contribution in [3.63, 3.8) is 0 Å². The van der Waals surface area contributed by atoms with E-state index >= 15 is 0 Å². The number of aromatic carboxylic acids is 1. The maximum absolute atomic E-state index is 10.7. The third-order valence-electron chi connectivity index (χ3n) is 2.03. The molecule has 5 heteroatoms. The summed E-state index contributed by atoms with van der Waals surface area (Å²) in [5, 5.41) is 16.3. The monoisotopic (exact) mass is 191 g/mol. The summed E-state index contributed by atoms with van der Waals surface area (Å²) < 4.78 is 0. The van der Waals surface area contributed by atoms with Gasteiger partial charge in [-0.3, -0.25) is 0 Å². The number of carboxylic acids is 1. The minimum Gasteiger partial charge on any atom is -0.478 e. The van der Waals surface area contributed by atoms with Crippen molar-refractivity contribution >= 4 is 11.8 Å². The molecule has 2 rings (SSSR count). The van der Waals surface area contributed by atoms with Gasteiger partial charge in [-0.2, -0.15) is 5.10 Å². The van der Waals surface area contributed by atoms with Gasteiger partial charge in [0.2, 0.25) is 0 Å². The molecule has 1 aromatic heterocycles. The summed E-state index contributed by atoms with van der Waals surface area (Å²) >= 11 is 0. The van der Waals surface area contributed by atoms with Crippen molar-refractivity contribution in [2.45, 2.75) is 0 Å². The van der Waals surface area contributed by atoms with Crippen molar-refractivity contribution in [2.24, 2.45) is 0 Å². The van der Waals surface area contributed by atoms with E-state index in [0.717, 1.165) is 13.1 Å². The van der Waals surface area contributed by atoms with Gasteiger partial charge in [0.15, 0.2) is 5.82 Å². The summed E-state index contributed by atoms with van der Waals surface area (Å²) in [5.41, 5.74) is 0.168. The lowest BCUT2D eigenvalue weighted by atomic mass is 10.3. The molecule has 0 aromatic carbocycles. The second kappa shape index (κ2) is 3.45. The zero-order valence-corrected chi connectivity index (χ0v) is 7.42. The summed E-state index contributed by atoms with van der Waals surface area (Å²) in [4.78, 5) is 12.6. The van der Waals surface area contributed by atoms with Crippen molar-refractivity contribution in [3.05, 3.63) is 30.0 Å². The first-order valence-electron chi connectivity index (χ1n) is 4.23. The molecule has 0 spiro atoms. The van der Waals surface area contributed by atoms with Crippen LogP contribution in [0.4, 0.5) is 5.82 Å². The molecule has 0 aliphatic carbocycles. The molecule has 0 bridgehead atoms. The average molecular weight is 191 g/mol. The van der Waals surface area contributed by atoms with E-state index in [9.17, 15) is 4.79 Å². The summed E-state index contributed by atoms with van der Waals surface area (Å²) in [7, 11) is 0. The van der Waals surface area contributed by atoms with Crippen molar-refractivity contribution in [2.75, 3.05) is 18.0 Å². The van der Waals surface area contributed by atoms with Gasteiger partial charge in [-0.05, 0) is 6.07 Å². The molecular formula is C9H9N3O2. The predicted octanol–water partition coefficient (Wildman–Crippen LogP) is 0.551. The highest BCUT2D eigenvalue weighted by atomic mass is 16.4. The first kappa shape index (κ1) is 8.68. The molecule has 1 aliphatic rings. The van der Waals surface area contributed by atoms with Crippen LogP contribution >= 0.6 is 0 Å². The van der Waals surface area contributed by atoms with Crippen LogP contribution in [-0.2, 0) is 0 Å². The molecular weight excluding hydrogens is 182 g/mol. The molecule has 0 fully saturated rings. The van der Waals surface area contributed by atoms with Crippen molar-refractivity contribution in [1.29, 1.82) is 0 Å². The van der Waals surface area contributed by atoms with Gasteiger partial charge in [0.05, 0.1) is 11.8 Å². The van der Waals surface area contributed by atoms with Crippen LogP contribution in [-0.4, -0.2) is 34.4 Å². The summed E-state index contributed by atoms with van der Waals surface area (Å²) in [6.45, 7) is 1.52. The largest absolute Gasteiger partial charge is 0.478 e. The van der Waals surface area contributed by atoms with Crippen LogP contribution in [0.1, 0.15) is 10.4 Å². The normalized spacial score (nSPS) is 14.7. The van der Waals surface area contributed by atoms with Gasteiger partial charge in [0.25, 0.3) is 0 Å². The molecule has 5 nitrogen and oxygen atoms in total. The fraction of sp³-hybridized carbons (Fsp3) is 0.222. The van der Waals surface area contributed by atoms with E-state index in [-0.39, 0.29) is 5.56 Å². The maximum Gasteiger partial charge on any atom is 0.337 e. The third-order valence-corrected chi connectivity index (χ3v) is 2.03. The SMILES string of the molecule is O=C(O)c1cnnc(N2CC=CC2)c1. The van der Waals surface area contributed by atoms with Crippen LogP contribution in [0.3, 0.4) is 0 Å². The number of nitrogens with zero attached hydrogens (tertiary/aromatic N) is 3. The standard InChI is InChI=1S/C9H9N3O2/c13-9(14)7-5-8(11-10-6-7)12-3-1-2-4-12/h1-2,5-6H,3-4H2,(H,13,14). The molecule has 1 aliphatic heterocycles. The van der Waals surface area contributed by atoms with E-state index in [1.807, 2.05) is 17.1 Å². The predicted molar refractivity (Wildman–Crippen MR) is 50.3 cm³/mol. The molecule has 0 saturated carbocycles. The molecule has 0 radical (unpaired) electrons. The Morgan fingerprint density at radius 1 is 1.43 bits per heavy atom. The number of carbonyl (C=O) groups is 1. The smallest absolute Gasteiger partial charge is 0.337 e. The molecule has 1 N–H and O–H groups in total. The Kier molecular flexibility index (Phi) is 2.14. The summed E-state index contributed by atoms with van der Waals surface area (Å²) in [5.74, 6) is -0.372. The first-order valence-corrected chi connectivity index (χ1v) is 4.23.